The molecule has 1 aromatic rings. The molecule has 0 saturated heterocycles. The summed E-state index contributed by atoms with van der Waals surface area (Å²) in [5.74, 6) is 0.544. The van der Waals surface area contributed by atoms with E-state index in [1.54, 1.807) is 20.1 Å². The van der Waals surface area contributed by atoms with Crippen LogP contribution in [0.3, 0.4) is 0 Å². The number of ether oxygens (including phenoxy) is 1. The maximum atomic E-state index is 11.6. The highest BCUT2D eigenvalue weighted by molar-refractivity contribution is 9.10. The van der Waals surface area contributed by atoms with Crippen molar-refractivity contribution in [3.05, 3.63) is 28.2 Å². The zero-order valence-corrected chi connectivity index (χ0v) is 11.5. The van der Waals surface area contributed by atoms with Crippen LogP contribution in [-0.4, -0.2) is 30.8 Å². The Balaban J connectivity index is 2.66. The molecule has 0 saturated carbocycles. The minimum atomic E-state index is -0.539. The number of nitrogens with one attached hydrogen (secondary N) is 1. The van der Waals surface area contributed by atoms with Crippen molar-refractivity contribution in [3.63, 3.8) is 0 Å². The lowest BCUT2D eigenvalue weighted by Gasteiger charge is -2.10. The van der Waals surface area contributed by atoms with Gasteiger partial charge in [0.2, 0.25) is 5.91 Å². The standard InChI is InChI=1S/C12H16BrNO3/c1-8(15)7-14-12(16)6-9-5-10(13)3-4-11(9)17-2/h3-5,8,15H,6-7H2,1-2H3,(H,14,16). The van der Waals surface area contributed by atoms with Crippen molar-refractivity contribution in [2.45, 2.75) is 19.4 Å². The zero-order valence-electron chi connectivity index (χ0n) is 9.87. The molecule has 1 rings (SSSR count). The highest BCUT2D eigenvalue weighted by Gasteiger charge is 2.09. The number of methoxy groups -OCH3 is 1. The molecule has 0 aliphatic carbocycles. The van der Waals surface area contributed by atoms with E-state index in [1.807, 2.05) is 12.1 Å². The predicted molar refractivity (Wildman–Crippen MR) is 69.1 cm³/mol. The zero-order chi connectivity index (χ0) is 12.8. The van der Waals surface area contributed by atoms with Gasteiger partial charge in [-0.3, -0.25) is 4.79 Å². The maximum absolute atomic E-state index is 11.6. The molecule has 94 valence electrons. The van der Waals surface area contributed by atoms with Gasteiger partial charge in [0.05, 0.1) is 19.6 Å². The number of halogens is 1. The van der Waals surface area contributed by atoms with E-state index in [4.69, 9.17) is 9.84 Å². The number of hydrogen-bond acceptors (Lipinski definition) is 3. The molecule has 2 N–H and O–H groups in total. The molecule has 0 aromatic heterocycles. The Morgan fingerprint density at radius 1 is 1.59 bits per heavy atom. The molecule has 0 spiro atoms. The Labute approximate surface area is 109 Å². The molecular weight excluding hydrogens is 286 g/mol. The van der Waals surface area contributed by atoms with Crippen LogP contribution in [0.5, 0.6) is 5.75 Å². The number of amides is 1. The summed E-state index contributed by atoms with van der Waals surface area (Å²) >= 11 is 3.35. The molecule has 0 fully saturated rings. The van der Waals surface area contributed by atoms with Gasteiger partial charge >= 0.3 is 0 Å². The average molecular weight is 302 g/mol. The first kappa shape index (κ1) is 14.0. The van der Waals surface area contributed by atoms with Gasteiger partial charge in [0.15, 0.2) is 0 Å². The van der Waals surface area contributed by atoms with E-state index < -0.39 is 6.10 Å². The second-order valence-corrected chi connectivity index (χ2v) is 4.70. The molecule has 1 amide bonds. The van der Waals surface area contributed by atoms with E-state index in [9.17, 15) is 4.79 Å². The van der Waals surface area contributed by atoms with Gasteiger partial charge in [-0.15, -0.1) is 0 Å². The minimum Gasteiger partial charge on any atom is -0.496 e. The molecule has 1 unspecified atom stereocenters. The van der Waals surface area contributed by atoms with Crippen LogP contribution in [-0.2, 0) is 11.2 Å². The van der Waals surface area contributed by atoms with Crippen LogP contribution in [0.1, 0.15) is 12.5 Å². The van der Waals surface area contributed by atoms with E-state index in [0.29, 0.717) is 5.75 Å². The lowest BCUT2D eigenvalue weighted by molar-refractivity contribution is -0.120. The molecule has 0 aliphatic rings. The van der Waals surface area contributed by atoms with Gasteiger partial charge < -0.3 is 15.2 Å². The third-order valence-electron chi connectivity index (χ3n) is 2.19. The number of hydrogen-bond donors (Lipinski definition) is 2. The summed E-state index contributed by atoms with van der Waals surface area (Å²) in [7, 11) is 1.57. The van der Waals surface area contributed by atoms with Crippen molar-refractivity contribution in [2.24, 2.45) is 0 Å². The Kier molecular flexibility index (Phi) is 5.44. The first-order valence-electron chi connectivity index (χ1n) is 5.30. The lowest BCUT2D eigenvalue weighted by atomic mass is 10.1. The lowest BCUT2D eigenvalue weighted by Crippen LogP contribution is -2.31. The van der Waals surface area contributed by atoms with Crippen LogP contribution in [0.25, 0.3) is 0 Å². The number of benzene rings is 1. The van der Waals surface area contributed by atoms with Crippen molar-refractivity contribution in [1.82, 2.24) is 5.32 Å². The quantitative estimate of drug-likeness (QED) is 0.866. The fraction of sp³-hybridized carbons (Fsp3) is 0.417. The van der Waals surface area contributed by atoms with Gasteiger partial charge in [0.25, 0.3) is 0 Å². The maximum Gasteiger partial charge on any atom is 0.224 e. The van der Waals surface area contributed by atoms with Gasteiger partial charge in [0, 0.05) is 16.6 Å². The third-order valence-corrected chi connectivity index (χ3v) is 2.68. The molecule has 0 bridgehead atoms. The van der Waals surface area contributed by atoms with Gasteiger partial charge in [0.1, 0.15) is 5.75 Å². The second-order valence-electron chi connectivity index (χ2n) is 3.79. The minimum absolute atomic E-state index is 0.137. The molecule has 4 nitrogen and oxygen atoms in total. The smallest absolute Gasteiger partial charge is 0.224 e. The van der Waals surface area contributed by atoms with Crippen LogP contribution >= 0.6 is 15.9 Å². The molecule has 5 heteroatoms. The van der Waals surface area contributed by atoms with Gasteiger partial charge in [-0.1, -0.05) is 15.9 Å². The number of rotatable bonds is 5. The Hall–Kier alpha value is -1.07. The summed E-state index contributed by atoms with van der Waals surface area (Å²) in [5, 5.41) is 11.7. The first-order valence-corrected chi connectivity index (χ1v) is 6.09. The van der Waals surface area contributed by atoms with Crippen molar-refractivity contribution in [1.29, 1.82) is 0 Å². The summed E-state index contributed by atoms with van der Waals surface area (Å²) in [6.45, 7) is 1.88. The molecule has 17 heavy (non-hydrogen) atoms. The normalized spacial score (nSPS) is 12.0. The Morgan fingerprint density at radius 2 is 2.29 bits per heavy atom. The van der Waals surface area contributed by atoms with Crippen molar-refractivity contribution in [3.8, 4) is 5.75 Å². The molecule has 0 aliphatic heterocycles. The fourth-order valence-corrected chi connectivity index (χ4v) is 1.79. The largest absolute Gasteiger partial charge is 0.496 e. The topological polar surface area (TPSA) is 58.6 Å². The molecule has 1 atom stereocenters. The highest BCUT2D eigenvalue weighted by atomic mass is 79.9. The molecule has 0 heterocycles. The Bertz CT molecular complexity index is 393. The first-order chi connectivity index (χ1) is 8.02. The van der Waals surface area contributed by atoms with E-state index in [0.717, 1.165) is 10.0 Å². The second kappa shape index (κ2) is 6.61. The predicted octanol–water partition coefficient (Wildman–Crippen LogP) is 1.50. The van der Waals surface area contributed by atoms with Crippen molar-refractivity contribution < 1.29 is 14.6 Å². The van der Waals surface area contributed by atoms with Crippen molar-refractivity contribution >= 4 is 21.8 Å². The summed E-state index contributed by atoms with van der Waals surface area (Å²) in [5.41, 5.74) is 0.810. The number of carbonyl (C=O) groups is 1. The fourth-order valence-electron chi connectivity index (χ4n) is 1.38. The van der Waals surface area contributed by atoms with Gasteiger partial charge in [-0.05, 0) is 25.1 Å². The van der Waals surface area contributed by atoms with E-state index >= 15 is 0 Å². The van der Waals surface area contributed by atoms with Crippen LogP contribution < -0.4 is 10.1 Å². The molecular formula is C12H16BrNO3. The van der Waals surface area contributed by atoms with E-state index in [1.165, 1.54) is 0 Å². The van der Waals surface area contributed by atoms with Crippen molar-refractivity contribution in [2.75, 3.05) is 13.7 Å². The number of aliphatic hydroxyl groups is 1. The van der Waals surface area contributed by atoms with Crippen LogP contribution in [0.15, 0.2) is 22.7 Å². The number of aliphatic hydroxyl groups excluding tert-OH is 1. The summed E-state index contributed by atoms with van der Waals surface area (Å²) in [4.78, 5) is 11.6. The molecule has 0 radical (unpaired) electrons. The van der Waals surface area contributed by atoms with Crippen LogP contribution in [0.2, 0.25) is 0 Å². The Morgan fingerprint density at radius 3 is 2.88 bits per heavy atom. The molecule has 1 aromatic carbocycles. The third kappa shape index (κ3) is 4.75. The monoisotopic (exact) mass is 301 g/mol. The van der Waals surface area contributed by atoms with E-state index in [-0.39, 0.29) is 18.9 Å². The summed E-state index contributed by atoms with van der Waals surface area (Å²) < 4.78 is 6.08. The van der Waals surface area contributed by atoms with E-state index in [2.05, 4.69) is 21.2 Å². The summed E-state index contributed by atoms with van der Waals surface area (Å²) in [6, 6.07) is 5.51. The van der Waals surface area contributed by atoms with Crippen LogP contribution in [0.4, 0.5) is 0 Å². The average Bonchev–Trinajstić information content (AvgIpc) is 2.27. The van der Waals surface area contributed by atoms with Gasteiger partial charge in [-0.25, -0.2) is 0 Å². The SMILES string of the molecule is COc1ccc(Br)cc1CC(=O)NCC(C)O. The highest BCUT2D eigenvalue weighted by Crippen LogP contribution is 2.23. The van der Waals surface area contributed by atoms with Crippen LogP contribution in [0, 0.1) is 0 Å². The number of carbonyl (C=O) groups excluding carboxylic acids is 1. The summed E-state index contributed by atoms with van der Waals surface area (Å²) in [6.07, 6.45) is -0.307. The van der Waals surface area contributed by atoms with Gasteiger partial charge in [-0.2, -0.15) is 0 Å².